The molecule has 0 aromatic carbocycles. The largest absolute Gasteiger partial charge is 0.353 e. The van der Waals surface area contributed by atoms with E-state index < -0.39 is 69.1 Å². The van der Waals surface area contributed by atoms with Gasteiger partial charge in [0.05, 0.1) is 12.3 Å². The van der Waals surface area contributed by atoms with E-state index in [0.29, 0.717) is 19.4 Å². The molecule has 1 heterocycles. The first-order valence-corrected chi connectivity index (χ1v) is 17.8. The minimum Gasteiger partial charge on any atom is -0.353 e. The van der Waals surface area contributed by atoms with Crippen molar-refractivity contribution in [1.82, 2.24) is 30.5 Å². The van der Waals surface area contributed by atoms with Gasteiger partial charge >= 0.3 is 6.03 Å². The van der Waals surface area contributed by atoms with E-state index in [1.165, 1.54) is 23.3 Å². The lowest BCUT2D eigenvalue weighted by atomic mass is 9.85. The monoisotopic (exact) mass is 654 g/mol. The van der Waals surface area contributed by atoms with Crippen molar-refractivity contribution >= 4 is 39.6 Å². The number of fused-ring (bicyclic) bond motifs is 1. The number of ketones is 1. The number of hydrogen-bond acceptors (Lipinski definition) is 7. The van der Waals surface area contributed by atoms with E-state index >= 15 is 0 Å². The lowest BCUT2D eigenvalue weighted by molar-refractivity contribution is -0.145. The van der Waals surface area contributed by atoms with Gasteiger partial charge in [0, 0.05) is 33.2 Å². The number of Topliss-reactive ketones (excluding diaryl/α,β-unsaturated/α-hetero) is 1. The topological polar surface area (TPSA) is 174 Å². The Bertz CT molecular complexity index is 1280. The van der Waals surface area contributed by atoms with E-state index in [4.69, 9.17) is 0 Å². The molecule has 14 heteroatoms. The third kappa shape index (κ3) is 8.55. The number of carbonyl (C=O) groups is 5. The maximum absolute atomic E-state index is 14.3. The van der Waals surface area contributed by atoms with Crippen LogP contribution in [0.1, 0.15) is 74.1 Å². The van der Waals surface area contributed by atoms with Crippen LogP contribution in [0.4, 0.5) is 4.79 Å². The number of piperidine rings is 1. The molecule has 3 aliphatic rings. The predicted molar refractivity (Wildman–Crippen MR) is 170 cm³/mol. The van der Waals surface area contributed by atoms with Gasteiger partial charge in [0.25, 0.3) is 5.91 Å². The summed E-state index contributed by atoms with van der Waals surface area (Å²) in [6.45, 7) is 13.8. The smallest absolute Gasteiger partial charge is 0.315 e. The molecule has 1 saturated heterocycles. The summed E-state index contributed by atoms with van der Waals surface area (Å²) in [5.41, 5.74) is -0.927. The van der Waals surface area contributed by atoms with Gasteiger partial charge < -0.3 is 26.2 Å². The van der Waals surface area contributed by atoms with Crippen molar-refractivity contribution in [2.45, 2.75) is 98.3 Å². The molecule has 2 aliphatic carbocycles. The Morgan fingerprint density at radius 3 is 2.13 bits per heavy atom. The predicted octanol–water partition coefficient (Wildman–Crippen LogP) is 1.09. The van der Waals surface area contributed by atoms with Gasteiger partial charge in [-0.2, -0.15) is 0 Å². The van der Waals surface area contributed by atoms with Crippen molar-refractivity contribution in [3.8, 4) is 0 Å². The van der Waals surface area contributed by atoms with Gasteiger partial charge in [0.2, 0.25) is 27.6 Å². The summed E-state index contributed by atoms with van der Waals surface area (Å²) in [7, 11) is -0.652. The molecule has 0 aromatic heterocycles. The first-order valence-electron chi connectivity index (χ1n) is 16.0. The maximum Gasteiger partial charge on any atom is 0.315 e. The van der Waals surface area contributed by atoms with Crippen LogP contribution in [0.25, 0.3) is 0 Å². The normalized spacial score (nSPS) is 25.0. The van der Waals surface area contributed by atoms with E-state index in [0.717, 1.165) is 19.1 Å². The minimum absolute atomic E-state index is 0.0502. The van der Waals surface area contributed by atoms with Crippen molar-refractivity contribution in [2.24, 2.45) is 34.5 Å². The number of amides is 5. The number of sulfonamides is 1. The van der Waals surface area contributed by atoms with Gasteiger partial charge in [0.1, 0.15) is 12.1 Å². The molecule has 0 spiro atoms. The number of rotatable bonds is 14. The molecule has 2 saturated carbocycles. The summed E-state index contributed by atoms with van der Waals surface area (Å²) < 4.78 is 25.3. The van der Waals surface area contributed by atoms with Gasteiger partial charge in [-0.1, -0.05) is 67.7 Å². The standard InChI is InChI=1S/C31H54N6O7S/c1-11-17(2)21(16-36(9)45(10,43)44)34-29(42)35-25(30(3,4)5)28(41)37-15-19-22(31(19,6)7)23(37)26(39)33-20(14-18-12-13-18)24(38)27(40)32-8/h17-23,25H,11-16H2,1-10H3,(H,32,40)(H,33,39)(H2,34,35,42)/t17-,19-,20?,21+,22-,23-,25+/m0/s1. The van der Waals surface area contributed by atoms with Crippen molar-refractivity contribution < 1.29 is 32.4 Å². The van der Waals surface area contributed by atoms with E-state index in [1.807, 2.05) is 34.6 Å². The van der Waals surface area contributed by atoms with E-state index in [1.54, 1.807) is 0 Å². The molecule has 256 valence electrons. The molecule has 7 atom stereocenters. The number of nitrogens with one attached hydrogen (secondary N) is 4. The van der Waals surface area contributed by atoms with Crippen molar-refractivity contribution in [1.29, 1.82) is 0 Å². The second-order valence-corrected chi connectivity index (χ2v) is 17.1. The van der Waals surface area contributed by atoms with Crippen molar-refractivity contribution in [2.75, 3.05) is 33.4 Å². The van der Waals surface area contributed by atoms with E-state index in [-0.39, 0.29) is 35.6 Å². The molecule has 5 amide bonds. The SMILES string of the molecule is CC[C@H](C)[C@@H](CN(C)S(C)(=O)=O)NC(=O)N[C@H](C(=O)N1C[C@H]2[C@@H]([C@H]1C(=O)NC(CC1CC1)C(=O)C(=O)NC)C2(C)C)C(C)(C)C. The molecule has 13 nitrogen and oxygen atoms in total. The number of nitrogens with zero attached hydrogens (tertiary/aromatic N) is 2. The van der Waals surface area contributed by atoms with Gasteiger partial charge in [-0.3, -0.25) is 19.2 Å². The first kappa shape index (κ1) is 36.7. The highest BCUT2D eigenvalue weighted by Gasteiger charge is 2.70. The van der Waals surface area contributed by atoms with Crippen LogP contribution in [0, 0.1) is 34.5 Å². The fraction of sp³-hybridized carbons (Fsp3) is 0.839. The van der Waals surface area contributed by atoms with Crippen LogP contribution >= 0.6 is 0 Å². The van der Waals surface area contributed by atoms with Crippen LogP contribution < -0.4 is 21.3 Å². The average molecular weight is 655 g/mol. The molecule has 3 rings (SSSR count). The van der Waals surface area contributed by atoms with Crippen LogP contribution in [0.15, 0.2) is 0 Å². The molecule has 1 unspecified atom stereocenters. The van der Waals surface area contributed by atoms with Crippen LogP contribution in [-0.4, -0.2) is 105 Å². The summed E-state index contributed by atoms with van der Waals surface area (Å²) in [4.78, 5) is 68.1. The third-order valence-corrected chi connectivity index (χ3v) is 11.4. The Labute approximate surface area is 268 Å². The van der Waals surface area contributed by atoms with Gasteiger partial charge in [-0.05, 0) is 40.9 Å². The molecule has 45 heavy (non-hydrogen) atoms. The Balaban J connectivity index is 1.82. The zero-order valence-electron chi connectivity index (χ0n) is 28.5. The number of likely N-dealkylation sites (tertiary alicyclic amines) is 1. The Kier molecular flexibility index (Phi) is 11.1. The zero-order chi connectivity index (χ0) is 34.2. The first-order chi connectivity index (χ1) is 20.6. The van der Waals surface area contributed by atoms with E-state index in [2.05, 4.69) is 35.1 Å². The Hall–Kier alpha value is -2.74. The highest BCUT2D eigenvalue weighted by molar-refractivity contribution is 7.88. The molecular weight excluding hydrogens is 600 g/mol. The minimum atomic E-state index is -3.48. The summed E-state index contributed by atoms with van der Waals surface area (Å²) in [5.74, 6) is -2.20. The quantitative estimate of drug-likeness (QED) is 0.203. The number of carbonyl (C=O) groups excluding carboxylic acids is 5. The highest BCUT2D eigenvalue weighted by Crippen LogP contribution is 2.65. The number of likely N-dealkylation sites (N-methyl/N-ethyl adjacent to an activating group) is 2. The second kappa shape index (κ2) is 13.5. The third-order valence-electron chi connectivity index (χ3n) is 10.2. The van der Waals surface area contributed by atoms with Crippen molar-refractivity contribution in [3.05, 3.63) is 0 Å². The van der Waals surface area contributed by atoms with Crippen molar-refractivity contribution in [3.63, 3.8) is 0 Å². The lowest BCUT2D eigenvalue weighted by Crippen LogP contribution is -2.62. The summed E-state index contributed by atoms with van der Waals surface area (Å²) in [6, 6.07) is -3.96. The fourth-order valence-electron chi connectivity index (χ4n) is 6.49. The van der Waals surface area contributed by atoms with Crippen LogP contribution in [0.5, 0.6) is 0 Å². The zero-order valence-corrected chi connectivity index (χ0v) is 29.3. The molecule has 3 fully saturated rings. The summed E-state index contributed by atoms with van der Waals surface area (Å²) in [6.07, 6.45) is 4.03. The number of hydrogen-bond donors (Lipinski definition) is 4. The number of urea groups is 1. The average Bonchev–Trinajstić information content (AvgIpc) is 3.79. The maximum atomic E-state index is 14.3. The summed E-state index contributed by atoms with van der Waals surface area (Å²) in [5, 5.41) is 10.9. The molecule has 0 bridgehead atoms. The Morgan fingerprint density at radius 2 is 1.64 bits per heavy atom. The van der Waals surface area contributed by atoms with Gasteiger partial charge in [-0.15, -0.1) is 0 Å². The fourth-order valence-corrected chi connectivity index (χ4v) is 6.92. The molecular formula is C31H54N6O7S. The van der Waals surface area contributed by atoms with Crippen LogP contribution in [-0.2, 0) is 29.2 Å². The van der Waals surface area contributed by atoms with Crippen LogP contribution in [0.2, 0.25) is 0 Å². The molecule has 0 aromatic rings. The van der Waals surface area contributed by atoms with Gasteiger partial charge in [-0.25, -0.2) is 17.5 Å². The van der Waals surface area contributed by atoms with E-state index in [9.17, 15) is 32.4 Å². The van der Waals surface area contributed by atoms with Crippen LogP contribution in [0.3, 0.4) is 0 Å². The molecule has 4 N–H and O–H groups in total. The molecule has 0 radical (unpaired) electrons. The van der Waals surface area contributed by atoms with Gasteiger partial charge in [0.15, 0.2) is 0 Å². The highest BCUT2D eigenvalue weighted by atomic mass is 32.2. The Morgan fingerprint density at radius 1 is 1.04 bits per heavy atom. The second-order valence-electron chi connectivity index (χ2n) is 15.0. The summed E-state index contributed by atoms with van der Waals surface area (Å²) >= 11 is 0. The lowest BCUT2D eigenvalue weighted by Gasteiger charge is -2.38. The molecule has 1 aliphatic heterocycles.